The molecule has 1 aromatic rings. The molecule has 0 aliphatic rings. The van der Waals surface area contributed by atoms with Crippen LogP contribution in [-0.4, -0.2) is 33.7 Å². The number of rotatable bonds is 7. The first-order valence-electron chi connectivity index (χ1n) is 5.72. The molecular weight excluding hydrogens is 299 g/mol. The van der Waals surface area contributed by atoms with Crippen molar-refractivity contribution in [2.75, 3.05) is 27.4 Å². The summed E-state index contributed by atoms with van der Waals surface area (Å²) >= 11 is 5.92. The third-order valence-corrected chi connectivity index (χ3v) is 2.50. The van der Waals surface area contributed by atoms with Crippen molar-refractivity contribution in [1.29, 1.82) is 0 Å². The summed E-state index contributed by atoms with van der Waals surface area (Å²) in [5, 5.41) is 3.36. The largest absolute Gasteiger partial charge is 0.522 e. The minimum absolute atomic E-state index is 0.256. The molecule has 114 valence electrons. The van der Waals surface area contributed by atoms with Crippen LogP contribution in [0.3, 0.4) is 0 Å². The maximum atomic E-state index is 11.8. The molecule has 0 bridgehead atoms. The summed E-state index contributed by atoms with van der Waals surface area (Å²) < 4.78 is 49.6. The lowest BCUT2D eigenvalue weighted by atomic mass is 10.2. The van der Waals surface area contributed by atoms with Gasteiger partial charge >= 0.3 is 6.36 Å². The predicted molar refractivity (Wildman–Crippen MR) is 68.3 cm³/mol. The van der Waals surface area contributed by atoms with Crippen LogP contribution in [0.4, 0.5) is 13.2 Å². The van der Waals surface area contributed by atoms with Crippen LogP contribution in [0.2, 0.25) is 5.02 Å². The Morgan fingerprint density at radius 2 is 1.95 bits per heavy atom. The molecule has 0 atom stereocenters. The van der Waals surface area contributed by atoms with Gasteiger partial charge in [-0.1, -0.05) is 11.6 Å². The fourth-order valence-corrected chi connectivity index (χ4v) is 1.79. The average molecular weight is 314 g/mol. The van der Waals surface area contributed by atoms with Crippen LogP contribution in [0.25, 0.3) is 0 Å². The highest BCUT2D eigenvalue weighted by molar-refractivity contribution is 6.30. The van der Waals surface area contributed by atoms with Crippen molar-refractivity contribution in [2.24, 2.45) is 0 Å². The maximum Gasteiger partial charge on any atom is 0.522 e. The highest BCUT2D eigenvalue weighted by Gasteiger charge is 2.28. The van der Waals surface area contributed by atoms with Crippen molar-refractivity contribution >= 4 is 11.6 Å². The Balaban J connectivity index is 2.76. The lowest BCUT2D eigenvalue weighted by Gasteiger charge is -2.16. The Morgan fingerprint density at radius 1 is 1.25 bits per heavy atom. The number of methoxy groups -OCH3 is 1. The number of hydrogen-bond acceptors (Lipinski definition) is 4. The SMILES string of the molecule is CNCc1cc(Cl)cc(OC)c1OCCOC(F)(F)F. The van der Waals surface area contributed by atoms with Gasteiger partial charge in [0, 0.05) is 23.2 Å². The molecule has 8 heteroatoms. The third kappa shape index (κ3) is 5.44. The van der Waals surface area contributed by atoms with E-state index in [0.717, 1.165) is 0 Å². The summed E-state index contributed by atoms with van der Waals surface area (Å²) in [5.41, 5.74) is 0.684. The van der Waals surface area contributed by atoms with Gasteiger partial charge < -0.3 is 14.8 Å². The molecule has 0 fully saturated rings. The van der Waals surface area contributed by atoms with Crippen LogP contribution in [0.1, 0.15) is 5.56 Å². The molecule has 0 radical (unpaired) electrons. The molecule has 0 aromatic heterocycles. The molecule has 1 N–H and O–H groups in total. The second-order valence-electron chi connectivity index (χ2n) is 3.77. The first kappa shape index (κ1) is 16.9. The second kappa shape index (κ2) is 7.56. The van der Waals surface area contributed by atoms with Crippen LogP contribution in [0.15, 0.2) is 12.1 Å². The Hall–Kier alpha value is -1.18. The van der Waals surface area contributed by atoms with Crippen molar-refractivity contribution in [3.8, 4) is 11.5 Å². The van der Waals surface area contributed by atoms with Gasteiger partial charge in [-0.3, -0.25) is 4.74 Å². The number of benzene rings is 1. The van der Waals surface area contributed by atoms with E-state index < -0.39 is 13.0 Å². The summed E-state index contributed by atoms with van der Waals surface area (Å²) in [7, 11) is 3.15. The number of hydrogen-bond donors (Lipinski definition) is 1. The van der Waals surface area contributed by atoms with Crippen LogP contribution in [0.5, 0.6) is 11.5 Å². The van der Waals surface area contributed by atoms with E-state index in [1.54, 1.807) is 13.1 Å². The number of ether oxygens (including phenoxy) is 3. The molecule has 1 rings (SSSR count). The Labute approximate surface area is 119 Å². The zero-order valence-corrected chi connectivity index (χ0v) is 11.8. The van der Waals surface area contributed by atoms with Crippen molar-refractivity contribution < 1.29 is 27.4 Å². The molecule has 20 heavy (non-hydrogen) atoms. The van der Waals surface area contributed by atoms with E-state index >= 15 is 0 Å². The topological polar surface area (TPSA) is 39.7 Å². The normalized spacial score (nSPS) is 11.5. The van der Waals surface area contributed by atoms with Gasteiger partial charge in [0.25, 0.3) is 0 Å². The fourth-order valence-electron chi connectivity index (χ4n) is 1.56. The average Bonchev–Trinajstić information content (AvgIpc) is 2.35. The summed E-state index contributed by atoms with van der Waals surface area (Å²) in [6, 6.07) is 3.18. The van der Waals surface area contributed by atoms with Gasteiger partial charge in [0.05, 0.1) is 13.7 Å². The number of halogens is 4. The highest BCUT2D eigenvalue weighted by Crippen LogP contribution is 2.34. The minimum atomic E-state index is -4.67. The van der Waals surface area contributed by atoms with Crippen molar-refractivity contribution in [3.05, 3.63) is 22.7 Å². The summed E-state index contributed by atoms with van der Waals surface area (Å²) in [5.74, 6) is 0.701. The maximum absolute atomic E-state index is 11.8. The summed E-state index contributed by atoms with van der Waals surface area (Å²) in [6.07, 6.45) is -4.67. The molecule has 0 aliphatic heterocycles. The molecular formula is C12H15ClF3NO3. The minimum Gasteiger partial charge on any atom is -0.493 e. The first-order valence-corrected chi connectivity index (χ1v) is 6.09. The monoisotopic (exact) mass is 313 g/mol. The van der Waals surface area contributed by atoms with Crippen LogP contribution in [0, 0.1) is 0 Å². The molecule has 1 aromatic carbocycles. The number of nitrogens with one attached hydrogen (secondary N) is 1. The van der Waals surface area contributed by atoms with E-state index in [4.69, 9.17) is 21.1 Å². The molecule has 4 nitrogen and oxygen atoms in total. The molecule has 0 aliphatic carbocycles. The lowest BCUT2D eigenvalue weighted by Crippen LogP contribution is -2.19. The smallest absolute Gasteiger partial charge is 0.493 e. The quantitative estimate of drug-likeness (QED) is 0.786. The molecule has 0 unspecified atom stereocenters. The second-order valence-corrected chi connectivity index (χ2v) is 4.21. The van der Waals surface area contributed by atoms with E-state index in [1.807, 2.05) is 0 Å². The third-order valence-electron chi connectivity index (χ3n) is 2.28. The molecule has 0 saturated heterocycles. The number of alkyl halides is 3. The molecule has 0 saturated carbocycles. The highest BCUT2D eigenvalue weighted by atomic mass is 35.5. The zero-order chi connectivity index (χ0) is 15.2. The van der Waals surface area contributed by atoms with E-state index in [-0.39, 0.29) is 6.61 Å². The van der Waals surface area contributed by atoms with Crippen molar-refractivity contribution in [1.82, 2.24) is 5.32 Å². The van der Waals surface area contributed by atoms with Gasteiger partial charge in [-0.2, -0.15) is 0 Å². The van der Waals surface area contributed by atoms with Crippen LogP contribution in [-0.2, 0) is 11.3 Å². The Kier molecular flexibility index (Phi) is 6.38. The summed E-state index contributed by atoms with van der Waals surface area (Å²) in [6.45, 7) is -0.422. The van der Waals surface area contributed by atoms with Gasteiger partial charge in [0.15, 0.2) is 11.5 Å². The van der Waals surface area contributed by atoms with Gasteiger partial charge in [0.1, 0.15) is 6.61 Å². The molecule has 0 spiro atoms. The van der Waals surface area contributed by atoms with Gasteiger partial charge in [0.2, 0.25) is 0 Å². The van der Waals surface area contributed by atoms with Gasteiger partial charge in [-0.25, -0.2) is 0 Å². The molecule has 0 amide bonds. The Morgan fingerprint density at radius 3 is 2.50 bits per heavy atom. The van der Waals surface area contributed by atoms with E-state index in [9.17, 15) is 13.2 Å². The molecule has 0 heterocycles. The fraction of sp³-hybridized carbons (Fsp3) is 0.500. The van der Waals surface area contributed by atoms with E-state index in [1.165, 1.54) is 13.2 Å². The zero-order valence-electron chi connectivity index (χ0n) is 11.0. The van der Waals surface area contributed by atoms with E-state index in [2.05, 4.69) is 10.1 Å². The van der Waals surface area contributed by atoms with Crippen LogP contribution >= 0.6 is 11.6 Å². The first-order chi connectivity index (χ1) is 9.37. The van der Waals surface area contributed by atoms with E-state index in [0.29, 0.717) is 28.6 Å². The Bertz CT molecular complexity index is 441. The lowest BCUT2D eigenvalue weighted by molar-refractivity contribution is -0.325. The summed E-state index contributed by atoms with van der Waals surface area (Å²) in [4.78, 5) is 0. The van der Waals surface area contributed by atoms with Gasteiger partial charge in [-0.15, -0.1) is 13.2 Å². The van der Waals surface area contributed by atoms with Gasteiger partial charge in [-0.05, 0) is 13.1 Å². The standard InChI is InChI=1S/C12H15ClF3NO3/c1-17-7-8-5-9(13)6-10(18-2)11(8)19-3-4-20-12(14,15)16/h5-6,17H,3-4,7H2,1-2H3. The van der Waals surface area contributed by atoms with Crippen LogP contribution < -0.4 is 14.8 Å². The van der Waals surface area contributed by atoms with Crippen molar-refractivity contribution in [3.63, 3.8) is 0 Å². The van der Waals surface area contributed by atoms with Crippen molar-refractivity contribution in [2.45, 2.75) is 12.9 Å². The predicted octanol–water partition coefficient (Wildman–Crippen LogP) is 2.98.